The molecular weight excluding hydrogens is 243 g/mol. The van der Waals surface area contributed by atoms with Gasteiger partial charge in [0.05, 0.1) is 10.0 Å². The van der Waals surface area contributed by atoms with Gasteiger partial charge in [-0.3, -0.25) is 0 Å². The Morgan fingerprint density at radius 2 is 1.62 bits per heavy atom. The Balaban J connectivity index is 2.24. The number of halogens is 2. The van der Waals surface area contributed by atoms with E-state index >= 15 is 0 Å². The molecule has 0 radical (unpaired) electrons. The van der Waals surface area contributed by atoms with Crippen molar-refractivity contribution in [3.8, 4) is 11.5 Å². The summed E-state index contributed by atoms with van der Waals surface area (Å²) in [4.78, 5) is 0. The van der Waals surface area contributed by atoms with Gasteiger partial charge in [-0.2, -0.15) is 0 Å². The lowest BCUT2D eigenvalue weighted by molar-refractivity contribution is 0.482. The van der Waals surface area contributed by atoms with Crippen LogP contribution in [0.3, 0.4) is 0 Å². The molecule has 16 heavy (non-hydrogen) atoms. The highest BCUT2D eigenvalue weighted by atomic mass is 35.5. The zero-order valence-electron chi connectivity index (χ0n) is 8.71. The van der Waals surface area contributed by atoms with Crippen molar-refractivity contribution in [3.63, 3.8) is 0 Å². The van der Waals surface area contributed by atoms with E-state index in [4.69, 9.17) is 27.9 Å². The molecule has 0 bridgehead atoms. The topological polar surface area (TPSA) is 9.23 Å². The summed E-state index contributed by atoms with van der Waals surface area (Å²) in [5, 5.41) is 1.02. The second-order valence-electron chi connectivity index (χ2n) is 3.49. The van der Waals surface area contributed by atoms with Crippen molar-refractivity contribution in [2.75, 3.05) is 0 Å². The molecule has 2 rings (SSSR count). The summed E-state index contributed by atoms with van der Waals surface area (Å²) < 4.78 is 5.65. The number of hydrogen-bond donors (Lipinski definition) is 0. The maximum atomic E-state index is 5.90. The fourth-order valence-corrected chi connectivity index (χ4v) is 1.64. The number of ether oxygens (including phenoxy) is 1. The molecule has 0 fully saturated rings. The second kappa shape index (κ2) is 4.77. The van der Waals surface area contributed by atoms with Gasteiger partial charge in [0.2, 0.25) is 0 Å². The van der Waals surface area contributed by atoms with Gasteiger partial charge in [-0.05, 0) is 36.8 Å². The maximum absolute atomic E-state index is 5.90. The maximum Gasteiger partial charge on any atom is 0.129 e. The first kappa shape index (κ1) is 11.3. The van der Waals surface area contributed by atoms with Gasteiger partial charge in [0.15, 0.2) is 0 Å². The van der Waals surface area contributed by atoms with Crippen LogP contribution in [0.25, 0.3) is 0 Å². The minimum Gasteiger partial charge on any atom is -0.457 e. The van der Waals surface area contributed by atoms with Crippen LogP contribution >= 0.6 is 23.2 Å². The summed E-state index contributed by atoms with van der Waals surface area (Å²) in [6.45, 7) is 2.02. The van der Waals surface area contributed by atoms with E-state index in [-0.39, 0.29) is 0 Å². The van der Waals surface area contributed by atoms with Gasteiger partial charge in [0, 0.05) is 6.07 Å². The molecule has 0 atom stereocenters. The van der Waals surface area contributed by atoms with E-state index in [1.807, 2.05) is 31.2 Å². The summed E-state index contributed by atoms with van der Waals surface area (Å²) in [6.07, 6.45) is 0. The van der Waals surface area contributed by atoms with Crippen LogP contribution in [0.2, 0.25) is 10.0 Å². The fraction of sp³-hybridized carbons (Fsp3) is 0.0769. The molecule has 2 aromatic carbocycles. The molecule has 0 saturated heterocycles. The Hall–Kier alpha value is -1.18. The molecule has 0 amide bonds. The van der Waals surface area contributed by atoms with Gasteiger partial charge >= 0.3 is 0 Å². The van der Waals surface area contributed by atoms with E-state index in [0.29, 0.717) is 15.8 Å². The molecule has 0 N–H and O–H groups in total. The highest BCUT2D eigenvalue weighted by Gasteiger charge is 2.01. The van der Waals surface area contributed by atoms with Crippen LogP contribution in [-0.4, -0.2) is 0 Å². The monoisotopic (exact) mass is 252 g/mol. The smallest absolute Gasteiger partial charge is 0.129 e. The van der Waals surface area contributed by atoms with Gasteiger partial charge in [0.25, 0.3) is 0 Å². The summed E-state index contributed by atoms with van der Waals surface area (Å²) in [5.41, 5.74) is 1.15. The molecule has 2 aromatic rings. The average molecular weight is 253 g/mol. The molecule has 0 unspecified atom stereocenters. The lowest BCUT2D eigenvalue weighted by Crippen LogP contribution is -1.84. The van der Waals surface area contributed by atoms with Gasteiger partial charge in [0.1, 0.15) is 11.5 Å². The number of rotatable bonds is 2. The zero-order chi connectivity index (χ0) is 11.5. The Bertz CT molecular complexity index is 509. The van der Waals surface area contributed by atoms with Gasteiger partial charge in [-0.25, -0.2) is 0 Å². The SMILES string of the molecule is Cc1cccc(Oc2ccc(Cl)c(Cl)c2)c1. The van der Waals surface area contributed by atoms with Crippen LogP contribution in [0, 0.1) is 6.92 Å². The Morgan fingerprint density at radius 3 is 2.31 bits per heavy atom. The summed E-state index contributed by atoms with van der Waals surface area (Å²) in [5.74, 6) is 1.47. The van der Waals surface area contributed by atoms with Gasteiger partial charge < -0.3 is 4.74 Å². The lowest BCUT2D eigenvalue weighted by Gasteiger charge is -2.07. The summed E-state index contributed by atoms with van der Waals surface area (Å²) in [6, 6.07) is 13.0. The van der Waals surface area contributed by atoms with Gasteiger partial charge in [-0.15, -0.1) is 0 Å². The molecule has 0 heterocycles. The van der Waals surface area contributed by atoms with E-state index in [9.17, 15) is 0 Å². The van der Waals surface area contributed by atoms with Gasteiger partial charge in [-0.1, -0.05) is 35.3 Å². The normalized spacial score (nSPS) is 10.2. The van der Waals surface area contributed by atoms with Crippen LogP contribution < -0.4 is 4.74 Å². The van der Waals surface area contributed by atoms with Crippen LogP contribution in [-0.2, 0) is 0 Å². The fourth-order valence-electron chi connectivity index (χ4n) is 1.36. The van der Waals surface area contributed by atoms with Crippen molar-refractivity contribution >= 4 is 23.2 Å². The molecule has 0 aliphatic heterocycles. The first-order valence-electron chi connectivity index (χ1n) is 4.85. The van der Waals surface area contributed by atoms with Crippen molar-refractivity contribution < 1.29 is 4.74 Å². The molecular formula is C13H10Cl2O. The summed E-state index contributed by atoms with van der Waals surface area (Å²) >= 11 is 11.7. The number of hydrogen-bond acceptors (Lipinski definition) is 1. The molecule has 3 heteroatoms. The third-order valence-electron chi connectivity index (χ3n) is 2.12. The van der Waals surface area contributed by atoms with E-state index in [1.54, 1.807) is 18.2 Å². The Labute approximate surface area is 105 Å². The third-order valence-corrected chi connectivity index (χ3v) is 2.86. The predicted molar refractivity (Wildman–Crippen MR) is 67.7 cm³/mol. The molecule has 0 aliphatic rings. The third kappa shape index (κ3) is 2.69. The van der Waals surface area contributed by atoms with E-state index in [1.165, 1.54) is 0 Å². The summed E-state index contributed by atoms with van der Waals surface area (Å²) in [7, 11) is 0. The first-order valence-corrected chi connectivity index (χ1v) is 5.60. The highest BCUT2D eigenvalue weighted by Crippen LogP contribution is 2.29. The van der Waals surface area contributed by atoms with E-state index < -0.39 is 0 Å². The van der Waals surface area contributed by atoms with Crippen LogP contribution in [0.15, 0.2) is 42.5 Å². The second-order valence-corrected chi connectivity index (χ2v) is 4.31. The molecule has 0 saturated carbocycles. The number of benzene rings is 2. The van der Waals surface area contributed by atoms with E-state index in [2.05, 4.69) is 0 Å². The average Bonchev–Trinajstić information content (AvgIpc) is 2.24. The standard InChI is InChI=1S/C13H10Cl2O/c1-9-3-2-4-10(7-9)16-11-5-6-12(14)13(15)8-11/h2-8H,1H3. The molecule has 0 spiro atoms. The van der Waals surface area contributed by atoms with Crippen LogP contribution in [0.1, 0.15) is 5.56 Å². The van der Waals surface area contributed by atoms with Crippen molar-refractivity contribution in [2.24, 2.45) is 0 Å². The van der Waals surface area contributed by atoms with Crippen LogP contribution in [0.4, 0.5) is 0 Å². The molecule has 0 aromatic heterocycles. The van der Waals surface area contributed by atoms with Crippen molar-refractivity contribution in [2.45, 2.75) is 6.92 Å². The first-order chi connectivity index (χ1) is 7.65. The minimum atomic E-state index is 0.492. The van der Waals surface area contributed by atoms with Crippen molar-refractivity contribution in [1.82, 2.24) is 0 Å². The van der Waals surface area contributed by atoms with Crippen molar-refractivity contribution in [3.05, 3.63) is 58.1 Å². The van der Waals surface area contributed by atoms with E-state index in [0.717, 1.165) is 11.3 Å². The Morgan fingerprint density at radius 1 is 0.875 bits per heavy atom. The minimum absolute atomic E-state index is 0.492. The Kier molecular flexibility index (Phi) is 3.37. The largest absolute Gasteiger partial charge is 0.457 e. The van der Waals surface area contributed by atoms with Crippen LogP contribution in [0.5, 0.6) is 11.5 Å². The lowest BCUT2D eigenvalue weighted by atomic mass is 10.2. The molecule has 0 aliphatic carbocycles. The zero-order valence-corrected chi connectivity index (χ0v) is 10.2. The molecule has 82 valence electrons. The molecule has 1 nitrogen and oxygen atoms in total. The predicted octanol–water partition coefficient (Wildman–Crippen LogP) is 5.09. The van der Waals surface area contributed by atoms with Crippen molar-refractivity contribution in [1.29, 1.82) is 0 Å². The highest BCUT2D eigenvalue weighted by molar-refractivity contribution is 6.42. The quantitative estimate of drug-likeness (QED) is 0.723. The number of aryl methyl sites for hydroxylation is 1.